The number of hydrogen-bond donors (Lipinski definition) is 1. The molecule has 1 aliphatic rings. The quantitative estimate of drug-likeness (QED) is 0.355. The second-order valence-electron chi connectivity index (χ2n) is 9.75. The maximum absolute atomic E-state index is 13.6. The van der Waals surface area contributed by atoms with Crippen LogP contribution in [0.2, 0.25) is 0 Å². The predicted molar refractivity (Wildman–Crippen MR) is 144 cm³/mol. The molecule has 1 saturated carbocycles. The summed E-state index contributed by atoms with van der Waals surface area (Å²) in [7, 11) is 6.90. The van der Waals surface area contributed by atoms with E-state index in [4.69, 9.17) is 14.2 Å². The number of aromatic nitrogens is 5. The Labute approximate surface area is 221 Å². The smallest absolute Gasteiger partial charge is 0.253 e. The summed E-state index contributed by atoms with van der Waals surface area (Å²) in [4.78, 5) is 18.9. The molecule has 0 spiro atoms. The molecule has 2 heterocycles. The average Bonchev–Trinajstić information content (AvgIpc) is 3.41. The SMILES string of the molecule is COc1ccc(Cn2nnnc2[C@H](c2cc3cc(OC)c(OC)cc3[nH]c2=O)N(C)C2CCCCC2)cc1. The van der Waals surface area contributed by atoms with Crippen LogP contribution in [-0.4, -0.2) is 64.5 Å². The molecular weight excluding hydrogens is 484 g/mol. The minimum atomic E-state index is -0.437. The zero-order chi connectivity index (χ0) is 26.6. The zero-order valence-electron chi connectivity index (χ0n) is 22.3. The van der Waals surface area contributed by atoms with E-state index in [1.165, 1.54) is 19.3 Å². The van der Waals surface area contributed by atoms with Gasteiger partial charge in [-0.2, -0.15) is 0 Å². The summed E-state index contributed by atoms with van der Waals surface area (Å²) in [6.07, 6.45) is 5.72. The Hall–Kier alpha value is -3.92. The van der Waals surface area contributed by atoms with Gasteiger partial charge in [-0.1, -0.05) is 31.4 Å². The molecule has 0 aliphatic heterocycles. The molecule has 4 aromatic rings. The van der Waals surface area contributed by atoms with Crippen molar-refractivity contribution in [2.24, 2.45) is 0 Å². The van der Waals surface area contributed by atoms with Crippen LogP contribution in [0, 0.1) is 0 Å². The number of ether oxygens (including phenoxy) is 3. The highest BCUT2D eigenvalue weighted by atomic mass is 16.5. The van der Waals surface area contributed by atoms with Gasteiger partial charge in [0.25, 0.3) is 5.56 Å². The first-order valence-corrected chi connectivity index (χ1v) is 12.9. The number of hydrogen-bond acceptors (Lipinski definition) is 8. The van der Waals surface area contributed by atoms with Crippen LogP contribution >= 0.6 is 0 Å². The van der Waals surface area contributed by atoms with E-state index in [0.29, 0.717) is 41.0 Å². The lowest BCUT2D eigenvalue weighted by Crippen LogP contribution is -2.40. The van der Waals surface area contributed by atoms with Crippen LogP contribution < -0.4 is 19.8 Å². The van der Waals surface area contributed by atoms with Crippen molar-refractivity contribution in [2.75, 3.05) is 28.4 Å². The maximum atomic E-state index is 13.6. The normalized spacial score (nSPS) is 15.1. The number of benzene rings is 2. The lowest BCUT2D eigenvalue weighted by Gasteiger charge is -2.36. The third kappa shape index (κ3) is 5.08. The number of aromatic amines is 1. The maximum Gasteiger partial charge on any atom is 0.253 e. The van der Waals surface area contributed by atoms with Crippen LogP contribution in [0.1, 0.15) is 55.1 Å². The van der Waals surface area contributed by atoms with E-state index in [1.807, 2.05) is 36.4 Å². The minimum absolute atomic E-state index is 0.184. The van der Waals surface area contributed by atoms with Gasteiger partial charge in [-0.3, -0.25) is 9.69 Å². The van der Waals surface area contributed by atoms with Crippen molar-refractivity contribution in [2.45, 2.75) is 50.7 Å². The first-order valence-electron chi connectivity index (χ1n) is 12.9. The summed E-state index contributed by atoms with van der Waals surface area (Å²) in [6.45, 7) is 0.470. The molecule has 0 amide bonds. The van der Waals surface area contributed by atoms with Gasteiger partial charge in [0.2, 0.25) is 0 Å². The molecule has 1 fully saturated rings. The van der Waals surface area contributed by atoms with E-state index < -0.39 is 6.04 Å². The van der Waals surface area contributed by atoms with Crippen LogP contribution in [0.15, 0.2) is 47.3 Å². The Morgan fingerprint density at radius 2 is 1.71 bits per heavy atom. The summed E-state index contributed by atoms with van der Waals surface area (Å²) < 4.78 is 18.0. The number of nitrogens with zero attached hydrogens (tertiary/aromatic N) is 5. The molecule has 0 radical (unpaired) electrons. The van der Waals surface area contributed by atoms with Crippen LogP contribution in [0.25, 0.3) is 10.9 Å². The van der Waals surface area contributed by atoms with Crippen molar-refractivity contribution in [3.05, 3.63) is 69.8 Å². The van der Waals surface area contributed by atoms with E-state index in [0.717, 1.165) is 29.5 Å². The Morgan fingerprint density at radius 1 is 1.00 bits per heavy atom. The van der Waals surface area contributed by atoms with Gasteiger partial charge in [0.15, 0.2) is 17.3 Å². The molecule has 10 nitrogen and oxygen atoms in total. The molecule has 1 N–H and O–H groups in total. The molecule has 0 unspecified atom stereocenters. The molecule has 10 heteroatoms. The van der Waals surface area contributed by atoms with Gasteiger partial charge in [0.05, 0.1) is 33.4 Å². The van der Waals surface area contributed by atoms with Gasteiger partial charge in [0, 0.05) is 23.1 Å². The second kappa shape index (κ2) is 11.2. The summed E-state index contributed by atoms with van der Waals surface area (Å²) in [6, 6.07) is 13.3. The monoisotopic (exact) mass is 518 g/mol. The summed E-state index contributed by atoms with van der Waals surface area (Å²) in [5.74, 6) is 2.57. The lowest BCUT2D eigenvalue weighted by molar-refractivity contribution is 0.149. The Morgan fingerprint density at radius 3 is 2.39 bits per heavy atom. The predicted octanol–water partition coefficient (Wildman–Crippen LogP) is 3.94. The number of nitrogens with one attached hydrogen (secondary N) is 1. The van der Waals surface area contributed by atoms with Crippen molar-refractivity contribution in [1.29, 1.82) is 0 Å². The third-order valence-corrected chi connectivity index (χ3v) is 7.53. The van der Waals surface area contributed by atoms with E-state index in [2.05, 4.69) is 32.5 Å². The van der Waals surface area contributed by atoms with Gasteiger partial charge in [-0.15, -0.1) is 5.10 Å². The van der Waals surface area contributed by atoms with Crippen LogP contribution in [-0.2, 0) is 6.54 Å². The molecule has 2 aromatic carbocycles. The summed E-state index contributed by atoms with van der Waals surface area (Å²) >= 11 is 0. The van der Waals surface area contributed by atoms with Gasteiger partial charge >= 0.3 is 0 Å². The Kier molecular flexibility index (Phi) is 7.59. The molecule has 2 aromatic heterocycles. The van der Waals surface area contributed by atoms with Crippen LogP contribution in [0.4, 0.5) is 0 Å². The van der Waals surface area contributed by atoms with E-state index in [-0.39, 0.29) is 5.56 Å². The topological polar surface area (TPSA) is 107 Å². The van der Waals surface area contributed by atoms with E-state index in [1.54, 1.807) is 32.1 Å². The number of rotatable bonds is 9. The number of H-pyrrole nitrogens is 1. The summed E-state index contributed by atoms with van der Waals surface area (Å²) in [5.41, 5.74) is 2.11. The fourth-order valence-electron chi connectivity index (χ4n) is 5.42. The highest BCUT2D eigenvalue weighted by Crippen LogP contribution is 2.35. The highest BCUT2D eigenvalue weighted by Gasteiger charge is 2.33. The first-order chi connectivity index (χ1) is 18.5. The van der Waals surface area contributed by atoms with Crippen molar-refractivity contribution >= 4 is 10.9 Å². The average molecular weight is 519 g/mol. The largest absolute Gasteiger partial charge is 0.497 e. The molecule has 1 aliphatic carbocycles. The lowest BCUT2D eigenvalue weighted by atomic mass is 9.92. The zero-order valence-corrected chi connectivity index (χ0v) is 22.3. The molecule has 0 saturated heterocycles. The van der Waals surface area contributed by atoms with Crippen LogP contribution in [0.5, 0.6) is 17.2 Å². The summed E-state index contributed by atoms with van der Waals surface area (Å²) in [5, 5.41) is 13.6. The molecular formula is C28H34N6O4. The molecule has 200 valence electrons. The highest BCUT2D eigenvalue weighted by molar-refractivity contribution is 5.83. The third-order valence-electron chi connectivity index (χ3n) is 7.53. The van der Waals surface area contributed by atoms with Gasteiger partial charge in [0.1, 0.15) is 11.8 Å². The molecule has 1 atom stereocenters. The number of tetrazole rings is 1. The molecule has 38 heavy (non-hydrogen) atoms. The Balaban J connectivity index is 1.61. The second-order valence-corrected chi connectivity index (χ2v) is 9.75. The van der Waals surface area contributed by atoms with Crippen LogP contribution in [0.3, 0.4) is 0 Å². The Bertz CT molecular complexity index is 1440. The fraction of sp³-hybridized carbons (Fsp3) is 0.429. The van der Waals surface area contributed by atoms with Crippen molar-refractivity contribution in [3.63, 3.8) is 0 Å². The van der Waals surface area contributed by atoms with Gasteiger partial charge in [-0.25, -0.2) is 4.68 Å². The number of methoxy groups -OCH3 is 3. The molecule has 5 rings (SSSR count). The van der Waals surface area contributed by atoms with Gasteiger partial charge < -0.3 is 19.2 Å². The van der Waals surface area contributed by atoms with Crippen molar-refractivity contribution in [1.82, 2.24) is 30.1 Å². The standard InChI is InChI=1S/C28H34N6O4/c1-33(20-8-6-5-7-9-20)26(27-30-31-32-34(27)17-18-10-12-21(36-2)13-11-18)22-14-19-15-24(37-3)25(38-4)16-23(19)29-28(22)35/h10-16,20,26H,5-9,17H2,1-4H3,(H,29,35)/t26-/m0/s1. The number of fused-ring (bicyclic) bond motifs is 1. The molecule has 0 bridgehead atoms. The first kappa shape index (κ1) is 25.7. The minimum Gasteiger partial charge on any atom is -0.497 e. The van der Waals surface area contributed by atoms with Crippen molar-refractivity contribution in [3.8, 4) is 17.2 Å². The van der Waals surface area contributed by atoms with E-state index in [9.17, 15) is 4.79 Å². The van der Waals surface area contributed by atoms with Gasteiger partial charge in [-0.05, 0) is 60.1 Å². The van der Waals surface area contributed by atoms with E-state index >= 15 is 0 Å². The van der Waals surface area contributed by atoms with Crippen molar-refractivity contribution < 1.29 is 14.2 Å². The fourth-order valence-corrected chi connectivity index (χ4v) is 5.42. The number of pyridine rings is 1.